The summed E-state index contributed by atoms with van der Waals surface area (Å²) in [4.78, 5) is 16.8. The number of H-pyrrole nitrogens is 1. The molecule has 0 saturated carbocycles. The summed E-state index contributed by atoms with van der Waals surface area (Å²) in [5.74, 6) is 0.548. The maximum atomic E-state index is 11.9. The molecule has 2 N–H and O–H groups in total. The van der Waals surface area contributed by atoms with Gasteiger partial charge in [0.2, 0.25) is 11.7 Å². The van der Waals surface area contributed by atoms with Crippen LogP contribution in [0.1, 0.15) is 24.5 Å². The molecule has 2 aromatic carbocycles. The van der Waals surface area contributed by atoms with E-state index in [0.29, 0.717) is 12.2 Å². The van der Waals surface area contributed by atoms with E-state index in [-0.39, 0.29) is 5.91 Å². The first kappa shape index (κ1) is 17.8. The van der Waals surface area contributed by atoms with Crippen LogP contribution in [0, 0.1) is 13.8 Å². The normalized spacial score (nSPS) is 11.0. The highest BCUT2D eigenvalue weighted by Crippen LogP contribution is 2.32. The molecule has 0 spiro atoms. The van der Waals surface area contributed by atoms with Gasteiger partial charge in [0.05, 0.1) is 16.9 Å². The third-order valence-electron chi connectivity index (χ3n) is 4.74. The summed E-state index contributed by atoms with van der Waals surface area (Å²) < 4.78 is 0. The van der Waals surface area contributed by atoms with Crippen LogP contribution < -0.4 is 5.32 Å². The van der Waals surface area contributed by atoms with Gasteiger partial charge in [-0.1, -0.05) is 37.3 Å². The molecule has 0 saturated heterocycles. The van der Waals surface area contributed by atoms with Crippen LogP contribution in [0.3, 0.4) is 0 Å². The van der Waals surface area contributed by atoms with Gasteiger partial charge in [-0.05, 0) is 42.3 Å². The molecule has 0 unspecified atom stereocenters. The van der Waals surface area contributed by atoms with E-state index in [1.165, 1.54) is 0 Å². The zero-order valence-corrected chi connectivity index (χ0v) is 15.9. The molecular weight excluding hydrogens is 352 g/mol. The number of hydrogen-bond donors (Lipinski definition) is 2. The smallest absolute Gasteiger partial charge is 0.224 e. The van der Waals surface area contributed by atoms with Gasteiger partial charge in [0.25, 0.3) is 0 Å². The lowest BCUT2D eigenvalue weighted by molar-refractivity contribution is -0.115. The minimum atomic E-state index is -0.00863. The fourth-order valence-corrected chi connectivity index (χ4v) is 3.23. The van der Waals surface area contributed by atoms with Crippen molar-refractivity contribution in [2.24, 2.45) is 0 Å². The summed E-state index contributed by atoms with van der Waals surface area (Å²) in [7, 11) is 0. The molecular formula is C21H20N6O. The number of hydrogen-bond acceptors (Lipinski definition) is 5. The number of tetrazole rings is 1. The maximum Gasteiger partial charge on any atom is 0.224 e. The van der Waals surface area contributed by atoms with Gasteiger partial charge >= 0.3 is 0 Å². The molecule has 28 heavy (non-hydrogen) atoms. The van der Waals surface area contributed by atoms with E-state index >= 15 is 0 Å². The maximum absolute atomic E-state index is 11.9. The molecule has 0 atom stereocenters. The van der Waals surface area contributed by atoms with E-state index < -0.39 is 0 Å². The van der Waals surface area contributed by atoms with Crippen LogP contribution in [-0.4, -0.2) is 31.5 Å². The average Bonchev–Trinajstić information content (AvgIpc) is 3.25. The van der Waals surface area contributed by atoms with E-state index in [9.17, 15) is 4.79 Å². The van der Waals surface area contributed by atoms with Crippen LogP contribution >= 0.6 is 0 Å². The van der Waals surface area contributed by atoms with Gasteiger partial charge in [0, 0.05) is 22.9 Å². The Morgan fingerprint density at radius 3 is 2.46 bits per heavy atom. The largest absolute Gasteiger partial charge is 0.325 e. The number of rotatable bonds is 4. The molecule has 0 fully saturated rings. The summed E-state index contributed by atoms with van der Waals surface area (Å²) in [5, 5.41) is 18.0. The fourth-order valence-electron chi connectivity index (χ4n) is 3.23. The highest BCUT2D eigenvalue weighted by molar-refractivity contribution is 6.04. The van der Waals surface area contributed by atoms with Crippen molar-refractivity contribution < 1.29 is 4.79 Å². The predicted octanol–water partition coefficient (Wildman–Crippen LogP) is 4.05. The second kappa shape index (κ2) is 7.19. The lowest BCUT2D eigenvalue weighted by Crippen LogP contribution is -2.10. The Morgan fingerprint density at radius 1 is 1.04 bits per heavy atom. The van der Waals surface area contributed by atoms with Crippen molar-refractivity contribution in [1.29, 1.82) is 0 Å². The molecule has 1 amide bonds. The van der Waals surface area contributed by atoms with Crippen molar-refractivity contribution in [1.82, 2.24) is 25.6 Å². The van der Waals surface area contributed by atoms with Crippen molar-refractivity contribution in [3.8, 4) is 22.6 Å². The van der Waals surface area contributed by atoms with E-state index in [0.717, 1.165) is 44.5 Å². The Morgan fingerprint density at radius 2 is 1.79 bits per heavy atom. The first-order valence-corrected chi connectivity index (χ1v) is 9.12. The summed E-state index contributed by atoms with van der Waals surface area (Å²) in [5.41, 5.74) is 6.60. The zero-order chi connectivity index (χ0) is 19.7. The molecule has 140 valence electrons. The number of aryl methyl sites for hydroxylation is 2. The Bertz CT molecular complexity index is 1150. The Hall–Kier alpha value is -3.61. The number of amides is 1. The summed E-state index contributed by atoms with van der Waals surface area (Å²) in [6, 6.07) is 13.9. The summed E-state index contributed by atoms with van der Waals surface area (Å²) in [6.45, 7) is 5.92. The monoisotopic (exact) mass is 372 g/mol. The van der Waals surface area contributed by atoms with Crippen LogP contribution in [0.4, 0.5) is 5.69 Å². The lowest BCUT2D eigenvalue weighted by Gasteiger charge is -2.14. The molecule has 4 rings (SSSR count). The SMILES string of the molecule is CCC(=O)Nc1ccc(C)c2nc(-c3ccc(-c4nn[nH]n4)cc3)cc(C)c12. The number of aromatic amines is 1. The Balaban J connectivity index is 1.79. The van der Waals surface area contributed by atoms with Gasteiger partial charge in [-0.2, -0.15) is 5.21 Å². The molecule has 2 aromatic heterocycles. The molecule has 0 bridgehead atoms. The molecule has 0 aliphatic rings. The predicted molar refractivity (Wildman–Crippen MR) is 109 cm³/mol. The number of aromatic nitrogens is 5. The van der Waals surface area contributed by atoms with Gasteiger partial charge in [-0.25, -0.2) is 4.98 Å². The standard InChI is InChI=1S/C21H20N6O/c1-4-18(28)22-16-10-5-12(2)20-19(16)13(3)11-17(23-20)14-6-8-15(9-7-14)21-24-26-27-25-21/h5-11H,4H2,1-3H3,(H,22,28)(H,24,25,26,27). The van der Waals surface area contributed by atoms with Gasteiger partial charge in [0.1, 0.15) is 0 Å². The third kappa shape index (κ3) is 3.22. The highest BCUT2D eigenvalue weighted by atomic mass is 16.1. The Kier molecular flexibility index (Phi) is 4.57. The van der Waals surface area contributed by atoms with Gasteiger partial charge < -0.3 is 5.32 Å². The summed E-state index contributed by atoms with van der Waals surface area (Å²) >= 11 is 0. The van der Waals surface area contributed by atoms with Gasteiger partial charge in [-0.15, -0.1) is 10.2 Å². The molecule has 4 aromatic rings. The van der Waals surface area contributed by atoms with Crippen LogP contribution in [0.2, 0.25) is 0 Å². The van der Waals surface area contributed by atoms with Gasteiger partial charge in [0.15, 0.2) is 0 Å². The molecule has 7 nitrogen and oxygen atoms in total. The first-order valence-electron chi connectivity index (χ1n) is 9.12. The van der Waals surface area contributed by atoms with E-state index in [4.69, 9.17) is 4.98 Å². The summed E-state index contributed by atoms with van der Waals surface area (Å²) in [6.07, 6.45) is 0.437. The van der Waals surface area contributed by atoms with Crippen molar-refractivity contribution in [3.05, 3.63) is 53.6 Å². The molecule has 7 heteroatoms. The third-order valence-corrected chi connectivity index (χ3v) is 4.74. The number of anilines is 1. The number of pyridine rings is 1. The van der Waals surface area contributed by atoms with E-state index in [1.54, 1.807) is 0 Å². The highest BCUT2D eigenvalue weighted by Gasteiger charge is 2.13. The fraction of sp³-hybridized carbons (Fsp3) is 0.190. The van der Waals surface area contributed by atoms with Crippen LogP contribution in [-0.2, 0) is 4.79 Å². The van der Waals surface area contributed by atoms with Crippen LogP contribution in [0.25, 0.3) is 33.5 Å². The minimum absolute atomic E-state index is 0.00863. The molecule has 0 radical (unpaired) electrons. The van der Waals surface area contributed by atoms with Crippen molar-refractivity contribution in [2.45, 2.75) is 27.2 Å². The van der Waals surface area contributed by atoms with E-state index in [2.05, 4.69) is 25.9 Å². The number of fused-ring (bicyclic) bond motifs is 1. The number of carbonyl (C=O) groups is 1. The van der Waals surface area contributed by atoms with Crippen molar-refractivity contribution in [3.63, 3.8) is 0 Å². The number of carbonyl (C=O) groups excluding carboxylic acids is 1. The second-order valence-corrected chi connectivity index (χ2v) is 6.69. The van der Waals surface area contributed by atoms with Crippen LogP contribution in [0.15, 0.2) is 42.5 Å². The average molecular weight is 372 g/mol. The number of nitrogens with one attached hydrogen (secondary N) is 2. The Labute approximate surface area is 162 Å². The first-order chi connectivity index (χ1) is 13.6. The molecule has 2 heterocycles. The number of benzene rings is 2. The number of nitrogens with zero attached hydrogens (tertiary/aromatic N) is 4. The van der Waals surface area contributed by atoms with E-state index in [1.807, 2.05) is 63.2 Å². The van der Waals surface area contributed by atoms with Crippen molar-refractivity contribution >= 4 is 22.5 Å². The molecule has 0 aliphatic carbocycles. The second-order valence-electron chi connectivity index (χ2n) is 6.69. The molecule has 0 aliphatic heterocycles. The van der Waals surface area contributed by atoms with Crippen molar-refractivity contribution in [2.75, 3.05) is 5.32 Å². The zero-order valence-electron chi connectivity index (χ0n) is 15.9. The minimum Gasteiger partial charge on any atom is -0.325 e. The lowest BCUT2D eigenvalue weighted by atomic mass is 10.0. The topological polar surface area (TPSA) is 96.5 Å². The quantitative estimate of drug-likeness (QED) is 0.563. The van der Waals surface area contributed by atoms with Gasteiger partial charge in [-0.3, -0.25) is 4.79 Å². The van der Waals surface area contributed by atoms with Crippen LogP contribution in [0.5, 0.6) is 0 Å².